The zero-order chi connectivity index (χ0) is 10.1. The summed E-state index contributed by atoms with van der Waals surface area (Å²) in [5.41, 5.74) is 2.81. The van der Waals surface area contributed by atoms with E-state index in [0.717, 1.165) is 11.8 Å². The van der Waals surface area contributed by atoms with Gasteiger partial charge >= 0.3 is 0 Å². The van der Waals surface area contributed by atoms with E-state index in [-0.39, 0.29) is 0 Å². The molecular weight excluding hydrogens is 184 g/mol. The first-order valence-corrected chi connectivity index (χ1v) is 5.75. The predicted octanol–water partition coefficient (Wildman–Crippen LogP) is 2.09. The standard InChI is InChI=1S/C13H16N2/c1-2-11(8-14-4-1)12-6-10-3-5-15-9-13(10)7-12/h1-2,4,6,8,10,13,15H,3,5,7,9H2/t10-,13-/m0/s1. The third-order valence-electron chi connectivity index (χ3n) is 3.60. The number of pyridine rings is 1. The molecule has 2 aliphatic rings. The summed E-state index contributed by atoms with van der Waals surface area (Å²) in [5, 5.41) is 3.48. The van der Waals surface area contributed by atoms with Crippen LogP contribution in [0.3, 0.4) is 0 Å². The van der Waals surface area contributed by atoms with Crippen molar-refractivity contribution in [3.63, 3.8) is 0 Å². The van der Waals surface area contributed by atoms with Crippen molar-refractivity contribution in [1.82, 2.24) is 10.3 Å². The average molecular weight is 200 g/mol. The van der Waals surface area contributed by atoms with E-state index in [1.807, 2.05) is 18.5 Å². The summed E-state index contributed by atoms with van der Waals surface area (Å²) in [5.74, 6) is 1.63. The van der Waals surface area contributed by atoms with Gasteiger partial charge in [0.25, 0.3) is 0 Å². The summed E-state index contributed by atoms with van der Waals surface area (Å²) < 4.78 is 0. The topological polar surface area (TPSA) is 24.9 Å². The van der Waals surface area contributed by atoms with Gasteiger partial charge in [-0.15, -0.1) is 0 Å². The van der Waals surface area contributed by atoms with E-state index in [1.165, 1.54) is 37.1 Å². The van der Waals surface area contributed by atoms with Crippen LogP contribution >= 0.6 is 0 Å². The maximum absolute atomic E-state index is 4.19. The first-order chi connectivity index (χ1) is 7.43. The van der Waals surface area contributed by atoms with Crippen molar-refractivity contribution >= 4 is 5.57 Å². The van der Waals surface area contributed by atoms with Crippen molar-refractivity contribution in [1.29, 1.82) is 0 Å². The number of fused-ring (bicyclic) bond motifs is 1. The van der Waals surface area contributed by atoms with Crippen molar-refractivity contribution in [2.75, 3.05) is 13.1 Å². The molecule has 1 fully saturated rings. The van der Waals surface area contributed by atoms with E-state index in [0.29, 0.717) is 0 Å². The lowest BCUT2D eigenvalue weighted by molar-refractivity contribution is 0.324. The quantitative estimate of drug-likeness (QED) is 0.751. The van der Waals surface area contributed by atoms with Crippen LogP contribution < -0.4 is 5.32 Å². The Labute approximate surface area is 90.4 Å². The van der Waals surface area contributed by atoms with Crippen LogP contribution in [0, 0.1) is 11.8 Å². The molecule has 0 aromatic carbocycles. The molecule has 2 heteroatoms. The number of allylic oxidation sites excluding steroid dienone is 2. The molecule has 1 aliphatic heterocycles. The molecule has 2 atom stereocenters. The largest absolute Gasteiger partial charge is 0.316 e. The van der Waals surface area contributed by atoms with Crippen LogP contribution in [-0.4, -0.2) is 18.1 Å². The number of hydrogen-bond donors (Lipinski definition) is 1. The summed E-state index contributed by atoms with van der Waals surface area (Å²) in [7, 11) is 0. The molecule has 78 valence electrons. The zero-order valence-electron chi connectivity index (χ0n) is 8.82. The van der Waals surface area contributed by atoms with Gasteiger partial charge in [-0.3, -0.25) is 4.98 Å². The van der Waals surface area contributed by atoms with Gasteiger partial charge < -0.3 is 5.32 Å². The Balaban J connectivity index is 1.84. The monoisotopic (exact) mass is 200 g/mol. The Kier molecular flexibility index (Phi) is 2.29. The number of nitrogens with one attached hydrogen (secondary N) is 1. The molecule has 0 spiro atoms. The summed E-state index contributed by atoms with van der Waals surface area (Å²) >= 11 is 0. The maximum Gasteiger partial charge on any atom is 0.0342 e. The van der Waals surface area contributed by atoms with Gasteiger partial charge in [-0.1, -0.05) is 12.1 Å². The molecule has 1 aromatic heterocycles. The highest BCUT2D eigenvalue weighted by Crippen LogP contribution is 2.38. The highest BCUT2D eigenvalue weighted by Gasteiger charge is 2.29. The third kappa shape index (κ3) is 1.70. The first-order valence-electron chi connectivity index (χ1n) is 5.75. The Hall–Kier alpha value is -1.15. The molecule has 3 rings (SSSR count). The van der Waals surface area contributed by atoms with Crippen LogP contribution in [-0.2, 0) is 0 Å². The minimum Gasteiger partial charge on any atom is -0.316 e. The molecule has 1 saturated heterocycles. The fourth-order valence-corrected chi connectivity index (χ4v) is 2.76. The fourth-order valence-electron chi connectivity index (χ4n) is 2.76. The van der Waals surface area contributed by atoms with Gasteiger partial charge in [-0.2, -0.15) is 0 Å². The molecule has 0 radical (unpaired) electrons. The van der Waals surface area contributed by atoms with Gasteiger partial charge in [0, 0.05) is 12.4 Å². The zero-order valence-corrected chi connectivity index (χ0v) is 8.82. The van der Waals surface area contributed by atoms with E-state index in [4.69, 9.17) is 0 Å². The van der Waals surface area contributed by atoms with Crippen molar-refractivity contribution in [3.8, 4) is 0 Å². The van der Waals surface area contributed by atoms with Gasteiger partial charge in [0.1, 0.15) is 0 Å². The first kappa shape index (κ1) is 9.10. The van der Waals surface area contributed by atoms with Gasteiger partial charge in [0.15, 0.2) is 0 Å². The second-order valence-electron chi connectivity index (χ2n) is 4.55. The Morgan fingerprint density at radius 2 is 2.40 bits per heavy atom. The molecule has 0 unspecified atom stereocenters. The fraction of sp³-hybridized carbons (Fsp3) is 0.462. The van der Waals surface area contributed by atoms with Crippen LogP contribution in [0.5, 0.6) is 0 Å². The number of nitrogens with zero attached hydrogens (tertiary/aromatic N) is 1. The maximum atomic E-state index is 4.19. The van der Waals surface area contributed by atoms with Crippen molar-refractivity contribution in [2.24, 2.45) is 11.8 Å². The van der Waals surface area contributed by atoms with Gasteiger partial charge in [0.05, 0.1) is 0 Å². The van der Waals surface area contributed by atoms with Gasteiger partial charge in [0.2, 0.25) is 0 Å². The second-order valence-corrected chi connectivity index (χ2v) is 4.55. The van der Waals surface area contributed by atoms with E-state index < -0.39 is 0 Å². The van der Waals surface area contributed by atoms with Crippen LogP contribution in [0.1, 0.15) is 18.4 Å². The smallest absolute Gasteiger partial charge is 0.0342 e. The van der Waals surface area contributed by atoms with Gasteiger partial charge in [-0.05, 0) is 55.0 Å². The SMILES string of the molecule is C1=C(c2cccnc2)C[C@H]2CNCC[C@@H]12. The Morgan fingerprint density at radius 3 is 3.20 bits per heavy atom. The number of aromatic nitrogens is 1. The van der Waals surface area contributed by atoms with E-state index >= 15 is 0 Å². The average Bonchev–Trinajstić information content (AvgIpc) is 2.74. The minimum absolute atomic E-state index is 0.807. The minimum atomic E-state index is 0.807. The number of hydrogen-bond acceptors (Lipinski definition) is 2. The summed E-state index contributed by atoms with van der Waals surface area (Å²) in [6, 6.07) is 4.19. The Bertz CT molecular complexity index is 369. The Morgan fingerprint density at radius 1 is 1.40 bits per heavy atom. The molecule has 1 N–H and O–H groups in total. The molecule has 15 heavy (non-hydrogen) atoms. The van der Waals surface area contributed by atoms with E-state index in [1.54, 1.807) is 0 Å². The van der Waals surface area contributed by atoms with E-state index in [9.17, 15) is 0 Å². The van der Waals surface area contributed by atoms with Gasteiger partial charge in [-0.25, -0.2) is 0 Å². The summed E-state index contributed by atoms with van der Waals surface area (Å²) in [4.78, 5) is 4.19. The molecule has 2 nitrogen and oxygen atoms in total. The van der Waals surface area contributed by atoms with Crippen LogP contribution in [0.2, 0.25) is 0 Å². The summed E-state index contributed by atoms with van der Waals surface area (Å²) in [6.45, 7) is 2.36. The molecule has 2 heterocycles. The highest BCUT2D eigenvalue weighted by molar-refractivity contribution is 5.67. The van der Waals surface area contributed by atoms with Crippen molar-refractivity contribution in [2.45, 2.75) is 12.8 Å². The van der Waals surface area contributed by atoms with Crippen LogP contribution in [0.25, 0.3) is 5.57 Å². The van der Waals surface area contributed by atoms with Crippen LogP contribution in [0.15, 0.2) is 30.6 Å². The highest BCUT2D eigenvalue weighted by atomic mass is 14.9. The third-order valence-corrected chi connectivity index (χ3v) is 3.60. The van der Waals surface area contributed by atoms with Crippen molar-refractivity contribution in [3.05, 3.63) is 36.2 Å². The molecule has 1 aliphatic carbocycles. The molecular formula is C13H16N2. The van der Waals surface area contributed by atoms with E-state index in [2.05, 4.69) is 22.4 Å². The lowest BCUT2D eigenvalue weighted by atomic mass is 9.89. The number of rotatable bonds is 1. The lowest BCUT2D eigenvalue weighted by Crippen LogP contribution is -2.33. The van der Waals surface area contributed by atoms with Crippen molar-refractivity contribution < 1.29 is 0 Å². The predicted molar refractivity (Wildman–Crippen MR) is 61.3 cm³/mol. The number of piperidine rings is 1. The molecule has 0 bridgehead atoms. The molecule has 0 amide bonds. The normalized spacial score (nSPS) is 29.7. The van der Waals surface area contributed by atoms with Crippen LogP contribution in [0.4, 0.5) is 0 Å². The molecule has 1 aromatic rings. The second kappa shape index (κ2) is 3.78. The molecule has 0 saturated carbocycles. The lowest BCUT2D eigenvalue weighted by Gasteiger charge is -2.25. The summed E-state index contributed by atoms with van der Waals surface area (Å²) in [6.07, 6.45) is 8.82.